The van der Waals surface area contributed by atoms with Crippen LogP contribution in [0.3, 0.4) is 0 Å². The van der Waals surface area contributed by atoms with E-state index in [9.17, 15) is 4.79 Å². The largest absolute Gasteiger partial charge is 0.356 e. The lowest BCUT2D eigenvalue weighted by Crippen LogP contribution is -2.27. The molecule has 1 amide bonds. The summed E-state index contributed by atoms with van der Waals surface area (Å²) in [6.07, 6.45) is 3.71. The maximum atomic E-state index is 11.4. The molecule has 1 unspecified atom stereocenters. The lowest BCUT2D eigenvalue weighted by molar-refractivity contribution is -0.122. The van der Waals surface area contributed by atoms with Gasteiger partial charge in [0.2, 0.25) is 5.91 Å². The predicted molar refractivity (Wildman–Crippen MR) is 49.7 cm³/mol. The van der Waals surface area contributed by atoms with Crippen molar-refractivity contribution in [3.8, 4) is 0 Å². The lowest BCUT2D eigenvalue weighted by atomic mass is 10.1. The van der Waals surface area contributed by atoms with Gasteiger partial charge in [-0.1, -0.05) is 19.9 Å². The van der Waals surface area contributed by atoms with Crippen LogP contribution in [0.2, 0.25) is 0 Å². The molecule has 0 heterocycles. The van der Waals surface area contributed by atoms with Gasteiger partial charge in [0, 0.05) is 12.5 Å². The zero-order valence-corrected chi connectivity index (χ0v) is 7.89. The Morgan fingerprint density at radius 1 is 1.75 bits per heavy atom. The van der Waals surface area contributed by atoms with Crippen LogP contribution < -0.4 is 5.32 Å². The van der Waals surface area contributed by atoms with Crippen molar-refractivity contribution in [3.63, 3.8) is 0 Å². The third-order valence-electron chi connectivity index (χ3n) is 2.48. The summed E-state index contributed by atoms with van der Waals surface area (Å²) in [5.74, 6) is 0.462. The molecular weight excluding hydrogens is 150 g/mol. The fraction of sp³-hybridized carbons (Fsp3) is 0.700. The second-order valence-electron chi connectivity index (χ2n) is 4.11. The summed E-state index contributed by atoms with van der Waals surface area (Å²) in [7, 11) is 0. The van der Waals surface area contributed by atoms with Crippen LogP contribution in [0.4, 0.5) is 0 Å². The smallest absolute Gasteiger partial charge is 0.223 e. The van der Waals surface area contributed by atoms with E-state index in [1.54, 1.807) is 0 Å². The molecule has 1 saturated carbocycles. The first-order valence-corrected chi connectivity index (χ1v) is 4.46. The zero-order chi connectivity index (χ0) is 9.19. The van der Waals surface area contributed by atoms with Gasteiger partial charge in [0.1, 0.15) is 0 Å². The molecule has 1 fully saturated rings. The third kappa shape index (κ3) is 2.10. The van der Waals surface area contributed by atoms with Crippen LogP contribution in [-0.2, 0) is 4.79 Å². The van der Waals surface area contributed by atoms with Gasteiger partial charge in [-0.2, -0.15) is 0 Å². The Balaban J connectivity index is 2.18. The molecule has 0 spiro atoms. The molecule has 1 rings (SSSR count). The van der Waals surface area contributed by atoms with Gasteiger partial charge in [0.05, 0.1) is 0 Å². The van der Waals surface area contributed by atoms with Crippen LogP contribution in [0.1, 0.15) is 26.7 Å². The molecule has 0 aliphatic heterocycles. The van der Waals surface area contributed by atoms with Gasteiger partial charge < -0.3 is 5.32 Å². The van der Waals surface area contributed by atoms with E-state index >= 15 is 0 Å². The molecule has 0 bridgehead atoms. The first kappa shape index (κ1) is 9.30. The third-order valence-corrected chi connectivity index (χ3v) is 2.48. The first-order chi connectivity index (χ1) is 5.58. The fourth-order valence-electron chi connectivity index (χ4n) is 1.34. The fourth-order valence-corrected chi connectivity index (χ4v) is 1.34. The highest BCUT2D eigenvalue weighted by atomic mass is 16.2. The molecule has 0 radical (unpaired) electrons. The van der Waals surface area contributed by atoms with Gasteiger partial charge in [0.15, 0.2) is 0 Å². The quantitative estimate of drug-likeness (QED) is 0.501. The highest BCUT2D eigenvalue weighted by Crippen LogP contribution is 2.51. The molecular formula is C10H17NO. The number of carbonyl (C=O) groups excluding carboxylic acids is 1. The van der Waals surface area contributed by atoms with E-state index in [1.807, 2.05) is 6.08 Å². The molecule has 1 atom stereocenters. The van der Waals surface area contributed by atoms with Gasteiger partial charge >= 0.3 is 0 Å². The molecule has 2 nitrogen and oxygen atoms in total. The summed E-state index contributed by atoms with van der Waals surface area (Å²) >= 11 is 0. The maximum absolute atomic E-state index is 11.4. The summed E-state index contributed by atoms with van der Waals surface area (Å²) in [5.41, 5.74) is 0.248. The minimum absolute atomic E-state index is 0.210. The van der Waals surface area contributed by atoms with Crippen LogP contribution in [0.5, 0.6) is 0 Å². The van der Waals surface area contributed by atoms with Gasteiger partial charge in [-0.25, -0.2) is 0 Å². The van der Waals surface area contributed by atoms with E-state index in [2.05, 4.69) is 25.7 Å². The summed E-state index contributed by atoms with van der Waals surface area (Å²) in [5, 5.41) is 2.89. The van der Waals surface area contributed by atoms with Crippen molar-refractivity contribution in [1.82, 2.24) is 5.32 Å². The number of nitrogens with one attached hydrogen (secondary N) is 1. The molecule has 1 aliphatic rings. The average molecular weight is 167 g/mol. The van der Waals surface area contributed by atoms with Crippen molar-refractivity contribution in [3.05, 3.63) is 12.7 Å². The Labute approximate surface area is 74.0 Å². The normalized spacial score (nSPS) is 24.7. The average Bonchev–Trinajstić information content (AvgIpc) is 2.60. The van der Waals surface area contributed by atoms with Crippen LogP contribution in [-0.4, -0.2) is 12.5 Å². The number of carbonyl (C=O) groups is 1. The predicted octanol–water partition coefficient (Wildman–Crippen LogP) is 1.72. The van der Waals surface area contributed by atoms with Gasteiger partial charge in [-0.15, -0.1) is 6.58 Å². The zero-order valence-electron chi connectivity index (χ0n) is 7.89. The standard InChI is InChI=1S/C10H17NO/c1-4-5-6-11-9(12)8-7-10(8,2)3/h4,8H,1,5-7H2,2-3H3,(H,11,12). The van der Waals surface area contributed by atoms with Crippen LogP contribution in [0.15, 0.2) is 12.7 Å². The molecule has 0 aromatic heterocycles. The number of amides is 1. The molecule has 0 aromatic rings. The highest BCUT2D eigenvalue weighted by Gasteiger charge is 2.50. The van der Waals surface area contributed by atoms with Crippen molar-refractivity contribution >= 4 is 5.91 Å². The Morgan fingerprint density at radius 3 is 2.75 bits per heavy atom. The summed E-state index contributed by atoms with van der Waals surface area (Å²) in [6.45, 7) is 8.59. The van der Waals surface area contributed by atoms with E-state index in [0.29, 0.717) is 0 Å². The second-order valence-corrected chi connectivity index (χ2v) is 4.11. The van der Waals surface area contributed by atoms with Crippen molar-refractivity contribution < 1.29 is 4.79 Å². The topological polar surface area (TPSA) is 29.1 Å². The van der Waals surface area contributed by atoms with Gasteiger partial charge in [-0.05, 0) is 18.3 Å². The van der Waals surface area contributed by atoms with Crippen LogP contribution >= 0.6 is 0 Å². The van der Waals surface area contributed by atoms with Crippen molar-refractivity contribution in [2.24, 2.45) is 11.3 Å². The highest BCUT2D eigenvalue weighted by molar-refractivity contribution is 5.82. The molecule has 0 aromatic carbocycles. The van der Waals surface area contributed by atoms with Crippen molar-refractivity contribution in [2.45, 2.75) is 26.7 Å². The molecule has 12 heavy (non-hydrogen) atoms. The van der Waals surface area contributed by atoms with E-state index < -0.39 is 0 Å². The van der Waals surface area contributed by atoms with E-state index in [-0.39, 0.29) is 17.2 Å². The Hall–Kier alpha value is -0.790. The summed E-state index contributed by atoms with van der Waals surface area (Å²) in [4.78, 5) is 11.4. The van der Waals surface area contributed by atoms with Crippen LogP contribution in [0, 0.1) is 11.3 Å². The minimum Gasteiger partial charge on any atom is -0.356 e. The SMILES string of the molecule is C=CCCNC(=O)C1CC1(C)C. The molecule has 0 saturated heterocycles. The Morgan fingerprint density at radius 2 is 2.33 bits per heavy atom. The van der Waals surface area contributed by atoms with Crippen LogP contribution in [0.25, 0.3) is 0 Å². The number of hydrogen-bond acceptors (Lipinski definition) is 1. The van der Waals surface area contributed by atoms with E-state index in [0.717, 1.165) is 19.4 Å². The molecule has 1 aliphatic carbocycles. The van der Waals surface area contributed by atoms with Crippen molar-refractivity contribution in [2.75, 3.05) is 6.54 Å². The Bertz CT molecular complexity index is 196. The number of rotatable bonds is 4. The van der Waals surface area contributed by atoms with Gasteiger partial charge in [-0.3, -0.25) is 4.79 Å². The molecule has 68 valence electrons. The monoisotopic (exact) mass is 167 g/mol. The lowest BCUT2D eigenvalue weighted by Gasteiger charge is -2.04. The number of hydrogen-bond donors (Lipinski definition) is 1. The first-order valence-electron chi connectivity index (χ1n) is 4.46. The van der Waals surface area contributed by atoms with E-state index in [4.69, 9.17) is 0 Å². The second kappa shape index (κ2) is 3.30. The minimum atomic E-state index is 0.210. The summed E-state index contributed by atoms with van der Waals surface area (Å²) in [6, 6.07) is 0. The molecule has 2 heteroatoms. The van der Waals surface area contributed by atoms with E-state index in [1.165, 1.54) is 0 Å². The summed E-state index contributed by atoms with van der Waals surface area (Å²) < 4.78 is 0. The van der Waals surface area contributed by atoms with Crippen molar-refractivity contribution in [1.29, 1.82) is 0 Å². The maximum Gasteiger partial charge on any atom is 0.223 e. The van der Waals surface area contributed by atoms with Gasteiger partial charge in [0.25, 0.3) is 0 Å². The molecule has 1 N–H and O–H groups in total. The Kier molecular flexibility index (Phi) is 2.55.